The molecule has 1 heterocycles. The minimum Gasteiger partial charge on any atom is -0.490 e. The molecule has 1 aliphatic rings. The van der Waals surface area contributed by atoms with E-state index in [1.165, 1.54) is 25.5 Å². The average Bonchev–Trinajstić information content (AvgIpc) is 2.52. The van der Waals surface area contributed by atoms with E-state index >= 15 is 0 Å². The zero-order valence-electron chi connectivity index (χ0n) is 14.0. The van der Waals surface area contributed by atoms with Gasteiger partial charge >= 0.3 is 5.97 Å². The standard InChI is InChI=1S/C18H28O4/c1-15-10-7-5-4-6-8-13-17(21-3)18(19)22-14-16(20-2)12-9-11-15/h9,11-13,16H,4-8,10,14H2,1-3H3/b12-9+,15-11+,17-13-. The number of cyclic esters (lactones) is 1. The molecule has 4 heteroatoms. The maximum atomic E-state index is 11.9. The van der Waals surface area contributed by atoms with Gasteiger partial charge in [0.05, 0.1) is 7.11 Å². The highest BCUT2D eigenvalue weighted by molar-refractivity contribution is 5.86. The number of ether oxygens (including phenoxy) is 3. The van der Waals surface area contributed by atoms with Crippen LogP contribution in [0.1, 0.15) is 45.4 Å². The fraction of sp³-hybridized carbons (Fsp3) is 0.611. The first kappa shape index (κ1) is 18.5. The van der Waals surface area contributed by atoms with E-state index in [0.29, 0.717) is 0 Å². The number of carbonyl (C=O) groups excluding carboxylic acids is 1. The van der Waals surface area contributed by atoms with Gasteiger partial charge in [0.2, 0.25) is 0 Å². The van der Waals surface area contributed by atoms with Crippen molar-refractivity contribution >= 4 is 5.97 Å². The Balaban J connectivity index is 2.73. The summed E-state index contributed by atoms with van der Waals surface area (Å²) in [6.07, 6.45) is 14.1. The molecular formula is C18H28O4. The second-order valence-electron chi connectivity index (χ2n) is 5.50. The van der Waals surface area contributed by atoms with Crippen LogP contribution in [0.15, 0.2) is 35.6 Å². The molecule has 1 unspecified atom stereocenters. The lowest BCUT2D eigenvalue weighted by molar-refractivity contribution is -0.145. The molecule has 0 radical (unpaired) electrons. The summed E-state index contributed by atoms with van der Waals surface area (Å²) in [6.45, 7) is 2.32. The van der Waals surface area contributed by atoms with Crippen molar-refractivity contribution in [2.75, 3.05) is 20.8 Å². The number of rotatable bonds is 2. The molecule has 124 valence electrons. The van der Waals surface area contributed by atoms with Crippen molar-refractivity contribution in [2.45, 2.75) is 51.6 Å². The van der Waals surface area contributed by atoms with Gasteiger partial charge in [0.25, 0.3) is 0 Å². The summed E-state index contributed by atoms with van der Waals surface area (Å²) in [5.41, 5.74) is 1.36. The molecule has 0 fully saturated rings. The number of hydrogen-bond donors (Lipinski definition) is 0. The van der Waals surface area contributed by atoms with Gasteiger partial charge in [-0.25, -0.2) is 4.79 Å². The summed E-state index contributed by atoms with van der Waals surface area (Å²) in [4.78, 5) is 11.9. The number of methoxy groups -OCH3 is 2. The van der Waals surface area contributed by atoms with Gasteiger partial charge in [-0.2, -0.15) is 0 Å². The molecule has 0 saturated carbocycles. The SMILES string of the molecule is CO/C1=C\CCCCCC/C(C)=C/C=C/C(OC)COC1=O. The van der Waals surface area contributed by atoms with E-state index in [2.05, 4.69) is 13.0 Å². The number of carbonyl (C=O) groups is 1. The summed E-state index contributed by atoms with van der Waals surface area (Å²) in [5.74, 6) is -0.154. The average molecular weight is 308 g/mol. The van der Waals surface area contributed by atoms with E-state index in [-0.39, 0.29) is 18.5 Å². The summed E-state index contributed by atoms with van der Waals surface area (Å²) < 4.78 is 15.7. The van der Waals surface area contributed by atoms with E-state index < -0.39 is 5.97 Å². The fourth-order valence-electron chi connectivity index (χ4n) is 2.24. The Bertz CT molecular complexity index is 421. The summed E-state index contributed by atoms with van der Waals surface area (Å²) >= 11 is 0. The van der Waals surface area contributed by atoms with Crippen LogP contribution in [0.2, 0.25) is 0 Å². The molecule has 0 aromatic heterocycles. The third kappa shape index (κ3) is 7.46. The maximum Gasteiger partial charge on any atom is 0.373 e. The summed E-state index contributed by atoms with van der Waals surface area (Å²) in [6, 6.07) is 0. The first-order valence-corrected chi connectivity index (χ1v) is 7.95. The van der Waals surface area contributed by atoms with Crippen molar-refractivity contribution in [3.63, 3.8) is 0 Å². The Morgan fingerprint density at radius 2 is 1.95 bits per heavy atom. The Hall–Kier alpha value is -1.55. The van der Waals surface area contributed by atoms with E-state index in [0.717, 1.165) is 25.7 Å². The second-order valence-corrected chi connectivity index (χ2v) is 5.50. The van der Waals surface area contributed by atoms with Gasteiger partial charge in [0.1, 0.15) is 12.7 Å². The van der Waals surface area contributed by atoms with Crippen molar-refractivity contribution in [1.82, 2.24) is 0 Å². The molecule has 4 nitrogen and oxygen atoms in total. The predicted molar refractivity (Wildman–Crippen MR) is 87.4 cm³/mol. The van der Waals surface area contributed by atoms with Crippen LogP contribution in [0.25, 0.3) is 0 Å². The zero-order valence-corrected chi connectivity index (χ0v) is 14.0. The van der Waals surface area contributed by atoms with Crippen LogP contribution in [-0.4, -0.2) is 32.9 Å². The van der Waals surface area contributed by atoms with Crippen LogP contribution in [-0.2, 0) is 19.0 Å². The van der Waals surface area contributed by atoms with Gasteiger partial charge in [-0.05, 0) is 38.7 Å². The van der Waals surface area contributed by atoms with E-state index in [4.69, 9.17) is 14.2 Å². The molecule has 0 N–H and O–H groups in total. The minimum atomic E-state index is -0.434. The molecule has 0 aliphatic carbocycles. The highest BCUT2D eigenvalue weighted by Gasteiger charge is 2.13. The first-order valence-electron chi connectivity index (χ1n) is 7.95. The van der Waals surface area contributed by atoms with Gasteiger partial charge in [-0.15, -0.1) is 0 Å². The number of allylic oxidation sites excluding steroid dienone is 4. The van der Waals surface area contributed by atoms with E-state index in [9.17, 15) is 4.79 Å². The van der Waals surface area contributed by atoms with Crippen LogP contribution in [0, 0.1) is 0 Å². The Morgan fingerprint density at radius 1 is 1.18 bits per heavy atom. The molecule has 0 saturated heterocycles. The molecule has 0 spiro atoms. The lowest BCUT2D eigenvalue weighted by Gasteiger charge is -2.12. The van der Waals surface area contributed by atoms with Crippen molar-refractivity contribution in [3.8, 4) is 0 Å². The monoisotopic (exact) mass is 308 g/mol. The Morgan fingerprint density at radius 3 is 2.68 bits per heavy atom. The van der Waals surface area contributed by atoms with Crippen molar-refractivity contribution in [3.05, 3.63) is 35.6 Å². The van der Waals surface area contributed by atoms with E-state index in [1.54, 1.807) is 7.11 Å². The molecule has 0 aromatic carbocycles. The minimum absolute atomic E-state index is 0.180. The van der Waals surface area contributed by atoms with Gasteiger partial charge in [0.15, 0.2) is 5.76 Å². The lowest BCUT2D eigenvalue weighted by atomic mass is 10.1. The molecule has 22 heavy (non-hydrogen) atoms. The van der Waals surface area contributed by atoms with Crippen molar-refractivity contribution in [2.24, 2.45) is 0 Å². The lowest BCUT2D eigenvalue weighted by Crippen LogP contribution is -2.20. The predicted octanol–water partition coefficient (Wildman–Crippen LogP) is 3.93. The quantitative estimate of drug-likeness (QED) is 0.725. The smallest absolute Gasteiger partial charge is 0.373 e. The largest absolute Gasteiger partial charge is 0.490 e. The Kier molecular flexibility index (Phi) is 9.31. The zero-order chi connectivity index (χ0) is 16.2. The molecule has 1 atom stereocenters. The molecule has 0 amide bonds. The van der Waals surface area contributed by atoms with Crippen molar-refractivity contribution < 1.29 is 19.0 Å². The fourth-order valence-corrected chi connectivity index (χ4v) is 2.24. The van der Waals surface area contributed by atoms with Crippen LogP contribution in [0.4, 0.5) is 0 Å². The third-order valence-electron chi connectivity index (χ3n) is 3.66. The van der Waals surface area contributed by atoms with Crippen LogP contribution >= 0.6 is 0 Å². The Labute approximate surface area is 133 Å². The maximum absolute atomic E-state index is 11.9. The van der Waals surface area contributed by atoms with Crippen LogP contribution < -0.4 is 0 Å². The first-order chi connectivity index (χ1) is 10.7. The topological polar surface area (TPSA) is 44.8 Å². The van der Waals surface area contributed by atoms with Gasteiger partial charge in [0, 0.05) is 7.11 Å². The normalized spacial score (nSPS) is 28.7. The molecule has 1 aliphatic heterocycles. The summed E-state index contributed by atoms with van der Waals surface area (Å²) in [5, 5.41) is 0. The molecule has 0 aromatic rings. The van der Waals surface area contributed by atoms with Crippen LogP contribution in [0.5, 0.6) is 0 Å². The van der Waals surface area contributed by atoms with Crippen molar-refractivity contribution in [1.29, 1.82) is 0 Å². The van der Waals surface area contributed by atoms with Gasteiger partial charge in [-0.1, -0.05) is 36.6 Å². The summed E-state index contributed by atoms with van der Waals surface area (Å²) in [7, 11) is 3.09. The number of esters is 1. The number of hydrogen-bond acceptors (Lipinski definition) is 4. The highest BCUT2D eigenvalue weighted by Crippen LogP contribution is 2.13. The third-order valence-corrected chi connectivity index (χ3v) is 3.66. The molecule has 0 bridgehead atoms. The van der Waals surface area contributed by atoms with Gasteiger partial charge < -0.3 is 14.2 Å². The van der Waals surface area contributed by atoms with Gasteiger partial charge in [-0.3, -0.25) is 0 Å². The molecular weight excluding hydrogens is 280 g/mol. The highest BCUT2D eigenvalue weighted by atomic mass is 16.6. The second kappa shape index (κ2) is 11.1. The van der Waals surface area contributed by atoms with Crippen LogP contribution in [0.3, 0.4) is 0 Å². The van der Waals surface area contributed by atoms with E-state index in [1.807, 2.05) is 18.2 Å². The molecule has 1 rings (SSSR count).